The Hall–Kier alpha value is -1.92. The Balaban J connectivity index is 3.40. The standard InChI is InChI=1S/C10H10F3NO3/c1-16-8-3-5(9(15)17-2)7(14)4-6(8)10(11,12)13/h3-4H,14H2,1-2H3. The fourth-order valence-electron chi connectivity index (χ4n) is 1.27. The highest BCUT2D eigenvalue weighted by Crippen LogP contribution is 2.38. The van der Waals surface area contributed by atoms with Crippen LogP contribution in [0.1, 0.15) is 15.9 Å². The molecular formula is C10H10F3NO3. The number of esters is 1. The van der Waals surface area contributed by atoms with Gasteiger partial charge in [0.05, 0.1) is 25.3 Å². The second-order valence-electron chi connectivity index (χ2n) is 3.13. The van der Waals surface area contributed by atoms with Crippen LogP contribution in [0.3, 0.4) is 0 Å². The van der Waals surface area contributed by atoms with E-state index < -0.39 is 23.5 Å². The number of benzene rings is 1. The van der Waals surface area contributed by atoms with Crippen molar-refractivity contribution < 1.29 is 27.4 Å². The largest absolute Gasteiger partial charge is 0.496 e. The van der Waals surface area contributed by atoms with Crippen molar-refractivity contribution in [2.75, 3.05) is 20.0 Å². The number of hydrogen-bond acceptors (Lipinski definition) is 4. The van der Waals surface area contributed by atoms with Gasteiger partial charge in [-0.15, -0.1) is 0 Å². The first-order valence-corrected chi connectivity index (χ1v) is 4.44. The van der Waals surface area contributed by atoms with Crippen molar-refractivity contribution in [1.29, 1.82) is 0 Å². The van der Waals surface area contributed by atoms with E-state index in [9.17, 15) is 18.0 Å². The number of carbonyl (C=O) groups is 1. The Morgan fingerprint density at radius 2 is 1.88 bits per heavy atom. The molecule has 0 heterocycles. The summed E-state index contributed by atoms with van der Waals surface area (Å²) in [7, 11) is 2.17. The summed E-state index contributed by atoms with van der Waals surface area (Å²) in [6.45, 7) is 0. The lowest BCUT2D eigenvalue weighted by Crippen LogP contribution is -2.12. The first-order valence-electron chi connectivity index (χ1n) is 4.44. The predicted octanol–water partition coefficient (Wildman–Crippen LogP) is 2.08. The van der Waals surface area contributed by atoms with Gasteiger partial charge in [-0.05, 0) is 12.1 Å². The molecule has 1 rings (SSSR count). The smallest absolute Gasteiger partial charge is 0.420 e. The van der Waals surface area contributed by atoms with Crippen LogP contribution < -0.4 is 10.5 Å². The lowest BCUT2D eigenvalue weighted by atomic mass is 10.1. The van der Waals surface area contributed by atoms with Gasteiger partial charge in [0.1, 0.15) is 5.75 Å². The first kappa shape index (κ1) is 13.1. The molecule has 0 amide bonds. The van der Waals surface area contributed by atoms with Crippen molar-refractivity contribution in [3.05, 3.63) is 23.3 Å². The molecule has 4 nitrogen and oxygen atoms in total. The van der Waals surface area contributed by atoms with Gasteiger partial charge in [0.2, 0.25) is 0 Å². The molecule has 0 aliphatic rings. The average Bonchev–Trinajstić information content (AvgIpc) is 2.26. The van der Waals surface area contributed by atoms with E-state index in [1.54, 1.807) is 0 Å². The van der Waals surface area contributed by atoms with E-state index in [1.165, 1.54) is 0 Å². The molecule has 0 aromatic heterocycles. The van der Waals surface area contributed by atoms with Crippen LogP contribution >= 0.6 is 0 Å². The van der Waals surface area contributed by atoms with Crippen molar-refractivity contribution in [3.63, 3.8) is 0 Å². The topological polar surface area (TPSA) is 61.5 Å². The molecule has 0 fully saturated rings. The third-order valence-corrected chi connectivity index (χ3v) is 2.08. The molecule has 0 spiro atoms. The highest BCUT2D eigenvalue weighted by Gasteiger charge is 2.35. The van der Waals surface area contributed by atoms with Crippen LogP contribution in [0.4, 0.5) is 18.9 Å². The van der Waals surface area contributed by atoms with Crippen molar-refractivity contribution in [2.24, 2.45) is 0 Å². The fraction of sp³-hybridized carbons (Fsp3) is 0.300. The Labute approximate surface area is 95.1 Å². The molecule has 0 aliphatic heterocycles. The molecule has 0 radical (unpaired) electrons. The van der Waals surface area contributed by atoms with E-state index in [1.807, 2.05) is 0 Å². The molecule has 94 valence electrons. The van der Waals surface area contributed by atoms with Crippen LogP contribution in [0.25, 0.3) is 0 Å². The van der Waals surface area contributed by atoms with Crippen LogP contribution in [0.15, 0.2) is 12.1 Å². The van der Waals surface area contributed by atoms with Gasteiger partial charge in [-0.1, -0.05) is 0 Å². The van der Waals surface area contributed by atoms with E-state index >= 15 is 0 Å². The van der Waals surface area contributed by atoms with Crippen LogP contribution in [0, 0.1) is 0 Å². The van der Waals surface area contributed by atoms with Crippen LogP contribution in [-0.4, -0.2) is 20.2 Å². The summed E-state index contributed by atoms with van der Waals surface area (Å²) in [5.74, 6) is -1.30. The molecule has 17 heavy (non-hydrogen) atoms. The quantitative estimate of drug-likeness (QED) is 0.644. The van der Waals surface area contributed by atoms with Crippen molar-refractivity contribution in [3.8, 4) is 5.75 Å². The van der Waals surface area contributed by atoms with Gasteiger partial charge >= 0.3 is 12.1 Å². The number of halogens is 3. The van der Waals surface area contributed by atoms with Crippen molar-refractivity contribution in [2.45, 2.75) is 6.18 Å². The lowest BCUT2D eigenvalue weighted by Gasteiger charge is -2.14. The second kappa shape index (κ2) is 4.52. The van der Waals surface area contributed by atoms with Gasteiger partial charge in [-0.25, -0.2) is 4.79 Å². The molecule has 0 saturated carbocycles. The number of nitrogen functional groups attached to an aromatic ring is 1. The highest BCUT2D eigenvalue weighted by atomic mass is 19.4. The number of ether oxygens (including phenoxy) is 2. The Morgan fingerprint density at radius 1 is 1.29 bits per heavy atom. The third kappa shape index (κ3) is 2.61. The maximum Gasteiger partial charge on any atom is 0.420 e. The van der Waals surface area contributed by atoms with Crippen molar-refractivity contribution in [1.82, 2.24) is 0 Å². The van der Waals surface area contributed by atoms with E-state index in [0.717, 1.165) is 20.3 Å². The Bertz CT molecular complexity index is 443. The third-order valence-electron chi connectivity index (χ3n) is 2.08. The fourth-order valence-corrected chi connectivity index (χ4v) is 1.27. The number of anilines is 1. The Kier molecular flexibility index (Phi) is 3.50. The second-order valence-corrected chi connectivity index (χ2v) is 3.13. The number of methoxy groups -OCH3 is 2. The van der Waals surface area contributed by atoms with Crippen LogP contribution in [0.2, 0.25) is 0 Å². The number of rotatable bonds is 2. The van der Waals surface area contributed by atoms with E-state index in [4.69, 9.17) is 5.73 Å². The average molecular weight is 249 g/mol. The van der Waals surface area contributed by atoms with E-state index in [-0.39, 0.29) is 11.3 Å². The molecule has 0 bridgehead atoms. The number of hydrogen-bond donors (Lipinski definition) is 1. The maximum atomic E-state index is 12.6. The Morgan fingerprint density at radius 3 is 2.29 bits per heavy atom. The van der Waals surface area contributed by atoms with E-state index in [0.29, 0.717) is 6.07 Å². The summed E-state index contributed by atoms with van der Waals surface area (Å²) < 4.78 is 46.7. The predicted molar refractivity (Wildman–Crippen MR) is 53.7 cm³/mol. The van der Waals surface area contributed by atoms with Gasteiger partial charge in [-0.2, -0.15) is 13.2 Å². The van der Waals surface area contributed by atoms with Gasteiger partial charge in [0.15, 0.2) is 0 Å². The molecule has 7 heteroatoms. The molecule has 0 atom stereocenters. The van der Waals surface area contributed by atoms with Crippen molar-refractivity contribution >= 4 is 11.7 Å². The molecule has 1 aromatic carbocycles. The summed E-state index contributed by atoms with van der Waals surface area (Å²) in [5, 5.41) is 0. The summed E-state index contributed by atoms with van der Waals surface area (Å²) in [6.07, 6.45) is -4.60. The molecule has 2 N–H and O–H groups in total. The summed E-state index contributed by atoms with van der Waals surface area (Å²) in [4.78, 5) is 11.2. The van der Waals surface area contributed by atoms with Gasteiger partial charge in [0.25, 0.3) is 0 Å². The van der Waals surface area contributed by atoms with Gasteiger partial charge < -0.3 is 15.2 Å². The zero-order chi connectivity index (χ0) is 13.2. The molecular weight excluding hydrogens is 239 g/mol. The number of nitrogens with two attached hydrogens (primary N) is 1. The van der Waals surface area contributed by atoms with Crippen LogP contribution in [0.5, 0.6) is 5.75 Å². The SMILES string of the molecule is COC(=O)c1cc(OC)c(C(F)(F)F)cc1N. The zero-order valence-electron chi connectivity index (χ0n) is 9.09. The number of carbonyl (C=O) groups excluding carboxylic acids is 1. The summed E-state index contributed by atoms with van der Waals surface area (Å²) in [6, 6.07) is 1.55. The van der Waals surface area contributed by atoms with Gasteiger partial charge in [0, 0.05) is 5.69 Å². The maximum absolute atomic E-state index is 12.6. The normalized spacial score (nSPS) is 11.1. The summed E-state index contributed by atoms with van der Waals surface area (Å²) in [5.41, 5.74) is 3.84. The zero-order valence-corrected chi connectivity index (χ0v) is 9.09. The number of alkyl halides is 3. The lowest BCUT2D eigenvalue weighted by molar-refractivity contribution is -0.138. The van der Waals surface area contributed by atoms with Gasteiger partial charge in [-0.3, -0.25) is 0 Å². The highest BCUT2D eigenvalue weighted by molar-refractivity contribution is 5.95. The first-order chi connectivity index (χ1) is 7.81. The van der Waals surface area contributed by atoms with E-state index in [2.05, 4.69) is 9.47 Å². The monoisotopic (exact) mass is 249 g/mol. The minimum atomic E-state index is -4.60. The molecule has 0 saturated heterocycles. The molecule has 0 unspecified atom stereocenters. The molecule has 0 aliphatic carbocycles. The minimum absolute atomic E-state index is 0.169. The molecule has 1 aromatic rings. The summed E-state index contributed by atoms with van der Waals surface area (Å²) >= 11 is 0. The minimum Gasteiger partial charge on any atom is -0.496 e. The van der Waals surface area contributed by atoms with Crippen LogP contribution in [-0.2, 0) is 10.9 Å².